The largest absolute Gasteiger partial charge is 0.497 e. The van der Waals surface area contributed by atoms with E-state index in [1.165, 1.54) is 0 Å². The maximum Gasteiger partial charge on any atom is 0.124 e. The predicted octanol–water partition coefficient (Wildman–Crippen LogP) is 2.34. The van der Waals surface area contributed by atoms with Crippen molar-refractivity contribution in [1.29, 1.82) is 0 Å². The predicted molar refractivity (Wildman–Crippen MR) is 76.8 cm³/mol. The van der Waals surface area contributed by atoms with Crippen molar-refractivity contribution in [2.75, 3.05) is 20.3 Å². The van der Waals surface area contributed by atoms with E-state index in [1.54, 1.807) is 7.11 Å². The fourth-order valence-electron chi connectivity index (χ4n) is 1.67. The maximum atomic E-state index is 9.56. The van der Waals surface area contributed by atoms with Crippen LogP contribution in [-0.2, 0) is 6.54 Å². The quantitative estimate of drug-likeness (QED) is 0.674. The van der Waals surface area contributed by atoms with Gasteiger partial charge in [-0.3, -0.25) is 0 Å². The van der Waals surface area contributed by atoms with E-state index >= 15 is 0 Å². The minimum Gasteiger partial charge on any atom is -0.497 e. The Labute approximate surface area is 115 Å². The van der Waals surface area contributed by atoms with Gasteiger partial charge >= 0.3 is 0 Å². The summed E-state index contributed by atoms with van der Waals surface area (Å²) in [5.41, 5.74) is 1.05. The summed E-state index contributed by atoms with van der Waals surface area (Å²) in [4.78, 5) is 0. The lowest BCUT2D eigenvalue weighted by Crippen LogP contribution is -2.18. The Morgan fingerprint density at radius 3 is 2.74 bits per heavy atom. The molecule has 108 valence electrons. The normalized spacial score (nSPS) is 12.2. The highest BCUT2D eigenvalue weighted by Crippen LogP contribution is 2.24. The zero-order valence-electron chi connectivity index (χ0n) is 12.1. The Balaban J connectivity index is 2.70. The molecule has 1 atom stereocenters. The first-order valence-electron chi connectivity index (χ1n) is 6.89. The van der Waals surface area contributed by atoms with Crippen molar-refractivity contribution in [1.82, 2.24) is 5.32 Å². The second kappa shape index (κ2) is 8.77. The van der Waals surface area contributed by atoms with Gasteiger partial charge in [0.25, 0.3) is 0 Å². The molecule has 0 bridgehead atoms. The molecule has 4 nitrogen and oxygen atoms in total. The molecule has 1 aromatic carbocycles. The number of hydrogen-bond acceptors (Lipinski definition) is 4. The van der Waals surface area contributed by atoms with Crippen molar-refractivity contribution in [2.45, 2.75) is 39.3 Å². The first kappa shape index (κ1) is 15.8. The molecular weight excluding hydrogens is 242 g/mol. The van der Waals surface area contributed by atoms with E-state index in [1.807, 2.05) is 25.1 Å². The minimum atomic E-state index is -0.418. The maximum absolute atomic E-state index is 9.56. The Hall–Kier alpha value is -1.26. The van der Waals surface area contributed by atoms with Crippen LogP contribution in [-0.4, -0.2) is 31.5 Å². The van der Waals surface area contributed by atoms with Gasteiger partial charge in [-0.25, -0.2) is 0 Å². The van der Waals surface area contributed by atoms with Crippen molar-refractivity contribution >= 4 is 0 Å². The zero-order valence-corrected chi connectivity index (χ0v) is 12.1. The highest BCUT2D eigenvalue weighted by atomic mass is 16.5. The van der Waals surface area contributed by atoms with E-state index in [2.05, 4.69) is 12.2 Å². The molecule has 4 heteroatoms. The summed E-state index contributed by atoms with van der Waals surface area (Å²) in [7, 11) is 1.65. The number of ether oxygens (including phenoxy) is 2. The molecule has 0 amide bonds. The molecule has 0 spiro atoms. The zero-order chi connectivity index (χ0) is 14.1. The van der Waals surface area contributed by atoms with Gasteiger partial charge in [-0.2, -0.15) is 0 Å². The molecular formula is C15H25NO3. The van der Waals surface area contributed by atoms with E-state index in [-0.39, 0.29) is 0 Å². The van der Waals surface area contributed by atoms with E-state index in [9.17, 15) is 5.11 Å². The standard InChI is InChI=1S/C15H25NO3/c1-4-8-16-10-12-9-14(18-3)6-7-15(12)19-11-13(17)5-2/h6-7,9,13,16-17H,4-5,8,10-11H2,1-3H3. The van der Waals surface area contributed by atoms with E-state index in [0.29, 0.717) is 13.0 Å². The number of nitrogens with one attached hydrogen (secondary N) is 1. The third-order valence-corrected chi connectivity index (χ3v) is 2.91. The summed E-state index contributed by atoms with van der Waals surface area (Å²) >= 11 is 0. The van der Waals surface area contributed by atoms with Crippen molar-refractivity contribution in [3.05, 3.63) is 23.8 Å². The topological polar surface area (TPSA) is 50.7 Å². The fraction of sp³-hybridized carbons (Fsp3) is 0.600. The average molecular weight is 267 g/mol. The highest BCUT2D eigenvalue weighted by Gasteiger charge is 2.08. The van der Waals surface area contributed by atoms with Gasteiger partial charge in [-0.05, 0) is 37.6 Å². The summed E-state index contributed by atoms with van der Waals surface area (Å²) in [5.74, 6) is 1.62. The summed E-state index contributed by atoms with van der Waals surface area (Å²) < 4.78 is 10.9. The second-order valence-electron chi connectivity index (χ2n) is 4.52. The number of rotatable bonds is 9. The lowest BCUT2D eigenvalue weighted by molar-refractivity contribution is 0.104. The van der Waals surface area contributed by atoms with Crippen LogP contribution in [0.2, 0.25) is 0 Å². The van der Waals surface area contributed by atoms with Gasteiger partial charge in [0.15, 0.2) is 0 Å². The van der Waals surface area contributed by atoms with Gasteiger partial charge in [0, 0.05) is 12.1 Å². The number of benzene rings is 1. The number of methoxy groups -OCH3 is 1. The van der Waals surface area contributed by atoms with Crippen LogP contribution in [0.25, 0.3) is 0 Å². The summed E-state index contributed by atoms with van der Waals surface area (Å²) in [6, 6.07) is 5.73. The SMILES string of the molecule is CCCNCc1cc(OC)ccc1OCC(O)CC. The number of aliphatic hydroxyl groups excluding tert-OH is 1. The first-order chi connectivity index (χ1) is 9.21. The van der Waals surface area contributed by atoms with Crippen LogP contribution >= 0.6 is 0 Å². The van der Waals surface area contributed by atoms with Crippen molar-refractivity contribution < 1.29 is 14.6 Å². The van der Waals surface area contributed by atoms with Crippen molar-refractivity contribution in [3.8, 4) is 11.5 Å². The molecule has 0 fully saturated rings. The second-order valence-corrected chi connectivity index (χ2v) is 4.52. The van der Waals surface area contributed by atoms with Crippen LogP contribution in [0, 0.1) is 0 Å². The molecule has 1 rings (SSSR count). The number of aliphatic hydroxyl groups is 1. The van der Waals surface area contributed by atoms with E-state index < -0.39 is 6.10 Å². The molecule has 0 aliphatic carbocycles. The molecule has 1 aromatic rings. The molecule has 0 aliphatic rings. The smallest absolute Gasteiger partial charge is 0.124 e. The molecule has 0 saturated carbocycles. The van der Waals surface area contributed by atoms with Gasteiger partial charge < -0.3 is 19.9 Å². The Bertz CT molecular complexity index is 368. The Kier molecular flexibility index (Phi) is 7.30. The summed E-state index contributed by atoms with van der Waals surface area (Å²) in [5, 5.41) is 12.9. The van der Waals surface area contributed by atoms with Gasteiger partial charge in [0.05, 0.1) is 13.2 Å². The lowest BCUT2D eigenvalue weighted by Gasteiger charge is -2.15. The van der Waals surface area contributed by atoms with Crippen molar-refractivity contribution in [2.24, 2.45) is 0 Å². The van der Waals surface area contributed by atoms with E-state index in [4.69, 9.17) is 9.47 Å². The van der Waals surface area contributed by atoms with Crippen LogP contribution in [0.3, 0.4) is 0 Å². The Morgan fingerprint density at radius 2 is 2.11 bits per heavy atom. The van der Waals surface area contributed by atoms with Crippen LogP contribution in [0.5, 0.6) is 11.5 Å². The monoisotopic (exact) mass is 267 g/mol. The molecule has 0 aliphatic heterocycles. The number of hydrogen-bond donors (Lipinski definition) is 2. The van der Waals surface area contributed by atoms with Gasteiger partial charge in [-0.15, -0.1) is 0 Å². The first-order valence-corrected chi connectivity index (χ1v) is 6.89. The molecule has 1 unspecified atom stereocenters. The third-order valence-electron chi connectivity index (χ3n) is 2.91. The third kappa shape index (κ3) is 5.49. The molecule has 19 heavy (non-hydrogen) atoms. The van der Waals surface area contributed by atoms with Crippen LogP contribution in [0.4, 0.5) is 0 Å². The molecule has 0 aromatic heterocycles. The van der Waals surface area contributed by atoms with Crippen LogP contribution in [0.1, 0.15) is 32.3 Å². The van der Waals surface area contributed by atoms with Gasteiger partial charge in [-0.1, -0.05) is 13.8 Å². The average Bonchev–Trinajstić information content (AvgIpc) is 2.45. The van der Waals surface area contributed by atoms with E-state index in [0.717, 1.165) is 36.6 Å². The molecule has 0 heterocycles. The Morgan fingerprint density at radius 1 is 1.32 bits per heavy atom. The van der Waals surface area contributed by atoms with Gasteiger partial charge in [0.1, 0.15) is 18.1 Å². The summed E-state index contributed by atoms with van der Waals surface area (Å²) in [6.07, 6.45) is 1.37. The lowest BCUT2D eigenvalue weighted by atomic mass is 10.2. The van der Waals surface area contributed by atoms with Gasteiger partial charge in [0.2, 0.25) is 0 Å². The molecule has 0 radical (unpaired) electrons. The highest BCUT2D eigenvalue weighted by molar-refractivity contribution is 5.40. The van der Waals surface area contributed by atoms with Crippen LogP contribution in [0.15, 0.2) is 18.2 Å². The minimum absolute atomic E-state index is 0.323. The molecule has 2 N–H and O–H groups in total. The van der Waals surface area contributed by atoms with Crippen molar-refractivity contribution in [3.63, 3.8) is 0 Å². The van der Waals surface area contributed by atoms with Crippen LogP contribution < -0.4 is 14.8 Å². The summed E-state index contributed by atoms with van der Waals surface area (Å²) in [6.45, 7) is 6.10. The fourth-order valence-corrected chi connectivity index (χ4v) is 1.67. The molecule has 0 saturated heterocycles.